The summed E-state index contributed by atoms with van der Waals surface area (Å²) in [5.41, 5.74) is 0.342. The van der Waals surface area contributed by atoms with Crippen LogP contribution >= 0.6 is 0 Å². The minimum Gasteiger partial charge on any atom is -0.482 e. The Morgan fingerprint density at radius 3 is 2.59 bits per heavy atom. The number of carbonyl (C=O) groups is 3. The molecular formula is C15H20N2O5. The topological polar surface area (TPSA) is 95.9 Å². The highest BCUT2D eigenvalue weighted by atomic mass is 16.5. The molecule has 0 bridgehead atoms. The molecular weight excluding hydrogens is 288 g/mol. The molecule has 0 spiro atoms. The lowest BCUT2D eigenvalue weighted by molar-refractivity contribution is -0.139. The largest absolute Gasteiger partial charge is 0.482 e. The van der Waals surface area contributed by atoms with E-state index in [1.54, 1.807) is 32.0 Å². The molecule has 0 radical (unpaired) electrons. The van der Waals surface area contributed by atoms with Gasteiger partial charge in [-0.1, -0.05) is 6.07 Å². The van der Waals surface area contributed by atoms with E-state index in [2.05, 4.69) is 5.32 Å². The smallest absolute Gasteiger partial charge is 0.341 e. The van der Waals surface area contributed by atoms with E-state index in [0.29, 0.717) is 24.4 Å². The minimum atomic E-state index is -1.09. The Bertz CT molecular complexity index is 544. The maximum Gasteiger partial charge on any atom is 0.341 e. The zero-order valence-corrected chi connectivity index (χ0v) is 12.7. The number of rotatable bonds is 8. The van der Waals surface area contributed by atoms with Crippen molar-refractivity contribution in [3.05, 3.63) is 29.8 Å². The number of hydrogen-bond donors (Lipinski definition) is 2. The second-order valence-electron chi connectivity index (χ2n) is 4.48. The van der Waals surface area contributed by atoms with Gasteiger partial charge in [0, 0.05) is 18.7 Å². The SMILES string of the molecule is CCNC(=O)CN(CC)C(=O)c1cccc(OCC(=O)O)c1. The van der Waals surface area contributed by atoms with Crippen molar-refractivity contribution in [3.63, 3.8) is 0 Å². The molecule has 7 heteroatoms. The molecule has 120 valence electrons. The van der Waals surface area contributed by atoms with Crippen LogP contribution in [0.25, 0.3) is 0 Å². The van der Waals surface area contributed by atoms with Crippen molar-refractivity contribution in [2.24, 2.45) is 0 Å². The normalized spacial score (nSPS) is 9.91. The number of aliphatic carboxylic acids is 1. The first kappa shape index (κ1) is 17.5. The van der Waals surface area contributed by atoms with E-state index >= 15 is 0 Å². The molecule has 1 aromatic carbocycles. The Morgan fingerprint density at radius 1 is 1.27 bits per heavy atom. The van der Waals surface area contributed by atoms with Crippen molar-refractivity contribution < 1.29 is 24.2 Å². The highest BCUT2D eigenvalue weighted by Crippen LogP contribution is 2.15. The number of nitrogens with one attached hydrogen (secondary N) is 1. The van der Waals surface area contributed by atoms with Gasteiger partial charge in [-0.3, -0.25) is 9.59 Å². The first-order valence-electron chi connectivity index (χ1n) is 6.98. The summed E-state index contributed by atoms with van der Waals surface area (Å²) in [6, 6.07) is 6.23. The standard InChI is InChI=1S/C15H20N2O5/c1-3-16-13(18)9-17(4-2)15(21)11-6-5-7-12(8-11)22-10-14(19)20/h5-8H,3-4,9-10H2,1-2H3,(H,16,18)(H,19,20). The third kappa shape index (κ3) is 5.43. The maximum absolute atomic E-state index is 12.4. The predicted octanol–water partition coefficient (Wildman–Crippen LogP) is 0.748. The summed E-state index contributed by atoms with van der Waals surface area (Å²) >= 11 is 0. The number of carboxylic acids is 1. The number of hydrogen-bond acceptors (Lipinski definition) is 4. The van der Waals surface area contributed by atoms with Gasteiger partial charge < -0.3 is 20.1 Å². The lowest BCUT2D eigenvalue weighted by Gasteiger charge is -2.20. The molecule has 0 aromatic heterocycles. The Hall–Kier alpha value is -2.57. The van der Waals surface area contributed by atoms with Crippen molar-refractivity contribution >= 4 is 17.8 Å². The number of benzene rings is 1. The average Bonchev–Trinajstić information content (AvgIpc) is 2.50. The first-order valence-corrected chi connectivity index (χ1v) is 6.98. The quantitative estimate of drug-likeness (QED) is 0.739. The maximum atomic E-state index is 12.4. The molecule has 0 unspecified atom stereocenters. The molecule has 2 amide bonds. The van der Waals surface area contributed by atoms with Crippen LogP contribution in [-0.2, 0) is 9.59 Å². The van der Waals surface area contributed by atoms with Crippen LogP contribution in [0.15, 0.2) is 24.3 Å². The van der Waals surface area contributed by atoms with Gasteiger partial charge in [0.05, 0.1) is 6.54 Å². The second-order valence-corrected chi connectivity index (χ2v) is 4.48. The van der Waals surface area contributed by atoms with Gasteiger partial charge in [-0.05, 0) is 32.0 Å². The summed E-state index contributed by atoms with van der Waals surface area (Å²) in [6.07, 6.45) is 0. The van der Waals surface area contributed by atoms with Crippen molar-refractivity contribution in [1.29, 1.82) is 0 Å². The highest BCUT2D eigenvalue weighted by molar-refractivity contribution is 5.96. The van der Waals surface area contributed by atoms with E-state index in [1.807, 2.05) is 0 Å². The predicted molar refractivity (Wildman–Crippen MR) is 79.8 cm³/mol. The zero-order chi connectivity index (χ0) is 16.5. The van der Waals surface area contributed by atoms with Crippen molar-refractivity contribution in [2.75, 3.05) is 26.2 Å². The number of ether oxygens (including phenoxy) is 1. The van der Waals surface area contributed by atoms with E-state index < -0.39 is 12.6 Å². The van der Waals surface area contributed by atoms with Crippen LogP contribution in [-0.4, -0.2) is 54.0 Å². The Kier molecular flexibility index (Phi) is 6.88. The average molecular weight is 308 g/mol. The molecule has 0 heterocycles. The summed E-state index contributed by atoms with van der Waals surface area (Å²) in [6.45, 7) is 3.97. The molecule has 1 rings (SSSR count). The number of carboxylic acid groups (broad SMARTS) is 1. The monoisotopic (exact) mass is 308 g/mol. The number of carbonyl (C=O) groups excluding carboxylic acids is 2. The van der Waals surface area contributed by atoms with Crippen molar-refractivity contribution in [3.8, 4) is 5.75 Å². The van der Waals surface area contributed by atoms with Gasteiger partial charge in [0.1, 0.15) is 5.75 Å². The second kappa shape index (κ2) is 8.66. The molecule has 0 saturated heterocycles. The van der Waals surface area contributed by atoms with E-state index in [9.17, 15) is 14.4 Å². The number of likely N-dealkylation sites (N-methyl/N-ethyl adjacent to an activating group) is 2. The number of nitrogens with zero attached hydrogens (tertiary/aromatic N) is 1. The fourth-order valence-corrected chi connectivity index (χ4v) is 1.80. The van der Waals surface area contributed by atoms with Gasteiger partial charge in [-0.15, -0.1) is 0 Å². The molecule has 0 aliphatic carbocycles. The molecule has 0 aliphatic heterocycles. The van der Waals surface area contributed by atoms with Crippen molar-refractivity contribution in [1.82, 2.24) is 10.2 Å². The van der Waals surface area contributed by atoms with E-state index in [-0.39, 0.29) is 18.4 Å². The fraction of sp³-hybridized carbons (Fsp3) is 0.400. The van der Waals surface area contributed by atoms with Crippen LogP contribution in [0.2, 0.25) is 0 Å². The zero-order valence-electron chi connectivity index (χ0n) is 12.7. The van der Waals surface area contributed by atoms with E-state index in [1.165, 1.54) is 11.0 Å². The van der Waals surface area contributed by atoms with Gasteiger partial charge in [-0.25, -0.2) is 4.79 Å². The van der Waals surface area contributed by atoms with E-state index in [4.69, 9.17) is 9.84 Å². The van der Waals surface area contributed by atoms with E-state index in [0.717, 1.165) is 0 Å². The highest BCUT2D eigenvalue weighted by Gasteiger charge is 2.17. The molecule has 0 aliphatic rings. The van der Waals surface area contributed by atoms with Gasteiger partial charge in [0.15, 0.2) is 6.61 Å². The summed E-state index contributed by atoms with van der Waals surface area (Å²) in [5.74, 6) is -1.34. The van der Waals surface area contributed by atoms with Gasteiger partial charge in [0.2, 0.25) is 5.91 Å². The summed E-state index contributed by atoms with van der Waals surface area (Å²) < 4.78 is 5.04. The molecule has 7 nitrogen and oxygen atoms in total. The van der Waals surface area contributed by atoms with Crippen LogP contribution in [0, 0.1) is 0 Å². The molecule has 2 N–H and O–H groups in total. The molecule has 0 fully saturated rings. The third-order valence-electron chi connectivity index (χ3n) is 2.82. The lowest BCUT2D eigenvalue weighted by Crippen LogP contribution is -2.40. The van der Waals surface area contributed by atoms with Crippen LogP contribution < -0.4 is 10.1 Å². The third-order valence-corrected chi connectivity index (χ3v) is 2.82. The van der Waals surface area contributed by atoms with Crippen LogP contribution in [0.5, 0.6) is 5.75 Å². The Labute approximate surface area is 128 Å². The lowest BCUT2D eigenvalue weighted by atomic mass is 10.2. The first-order chi connectivity index (χ1) is 10.5. The van der Waals surface area contributed by atoms with Gasteiger partial charge in [0.25, 0.3) is 5.91 Å². The van der Waals surface area contributed by atoms with Crippen LogP contribution in [0.3, 0.4) is 0 Å². The molecule has 0 atom stereocenters. The molecule has 1 aromatic rings. The van der Waals surface area contributed by atoms with Crippen molar-refractivity contribution in [2.45, 2.75) is 13.8 Å². The van der Waals surface area contributed by atoms with Crippen LogP contribution in [0.4, 0.5) is 0 Å². The Balaban J connectivity index is 2.79. The Morgan fingerprint density at radius 2 is 2.00 bits per heavy atom. The summed E-state index contributed by atoms with van der Waals surface area (Å²) in [7, 11) is 0. The summed E-state index contributed by atoms with van der Waals surface area (Å²) in [4.78, 5) is 35.9. The number of amides is 2. The van der Waals surface area contributed by atoms with Gasteiger partial charge >= 0.3 is 5.97 Å². The fourth-order valence-electron chi connectivity index (χ4n) is 1.80. The molecule has 22 heavy (non-hydrogen) atoms. The molecule has 0 saturated carbocycles. The minimum absolute atomic E-state index is 0.0244. The summed E-state index contributed by atoms with van der Waals surface area (Å²) in [5, 5.41) is 11.2. The van der Waals surface area contributed by atoms with Crippen LogP contribution in [0.1, 0.15) is 24.2 Å². The van der Waals surface area contributed by atoms with Gasteiger partial charge in [-0.2, -0.15) is 0 Å².